The summed E-state index contributed by atoms with van der Waals surface area (Å²) in [6.45, 7) is 5.77. The Morgan fingerprint density at radius 3 is 2.43 bits per heavy atom. The van der Waals surface area contributed by atoms with Crippen molar-refractivity contribution in [3.8, 4) is 5.75 Å². The van der Waals surface area contributed by atoms with E-state index in [1.54, 1.807) is 13.2 Å². The number of nitrogens with one attached hydrogen (secondary N) is 2. The Hall–Kier alpha value is -3.69. The van der Waals surface area contributed by atoms with Gasteiger partial charge in [-0.2, -0.15) is 0 Å². The summed E-state index contributed by atoms with van der Waals surface area (Å²) in [6.07, 6.45) is 8.14. The molecule has 0 bridgehead atoms. The van der Waals surface area contributed by atoms with Crippen LogP contribution in [0, 0.1) is 0 Å². The molecular weight excluding hydrogens is 530 g/mol. The molecule has 2 aliphatic rings. The summed E-state index contributed by atoms with van der Waals surface area (Å²) >= 11 is 0. The third kappa shape index (κ3) is 7.20. The number of para-hydroxylation sites is 2. The molecule has 2 aromatic carbocycles. The van der Waals surface area contributed by atoms with Crippen LogP contribution in [0.3, 0.4) is 0 Å². The van der Waals surface area contributed by atoms with Crippen LogP contribution in [0.1, 0.15) is 50.2 Å². The molecular formula is C33H43N5O4. The maximum atomic E-state index is 14.0. The van der Waals surface area contributed by atoms with Gasteiger partial charge < -0.3 is 19.9 Å². The summed E-state index contributed by atoms with van der Waals surface area (Å²) in [5.41, 5.74) is 2.59. The van der Waals surface area contributed by atoms with Crippen molar-refractivity contribution in [2.24, 2.45) is 0 Å². The largest absolute Gasteiger partial charge is 0.496 e. The second-order valence-electron chi connectivity index (χ2n) is 11.5. The lowest BCUT2D eigenvalue weighted by atomic mass is 10.00. The maximum Gasteiger partial charge on any atom is 0.252 e. The monoisotopic (exact) mass is 573 g/mol. The number of carbonyl (C=O) groups is 3. The number of ether oxygens (including phenoxy) is 1. The van der Waals surface area contributed by atoms with Crippen molar-refractivity contribution >= 4 is 28.6 Å². The molecule has 224 valence electrons. The minimum Gasteiger partial charge on any atom is -0.496 e. The van der Waals surface area contributed by atoms with E-state index in [-0.39, 0.29) is 31.3 Å². The number of aromatic nitrogens is 1. The highest BCUT2D eigenvalue weighted by molar-refractivity contribution is 5.99. The molecule has 2 N–H and O–H groups in total. The number of hydrogen-bond acceptors (Lipinski definition) is 6. The second-order valence-corrected chi connectivity index (χ2v) is 11.5. The minimum atomic E-state index is -0.902. The second kappa shape index (κ2) is 14.0. The fourth-order valence-electron chi connectivity index (χ4n) is 6.43. The molecule has 1 unspecified atom stereocenters. The third-order valence-electron chi connectivity index (χ3n) is 8.73. The van der Waals surface area contributed by atoms with Gasteiger partial charge >= 0.3 is 0 Å². The lowest BCUT2D eigenvalue weighted by Crippen LogP contribution is -2.54. The number of carbonyl (C=O) groups excluding carboxylic acids is 3. The molecule has 0 saturated carbocycles. The number of benzene rings is 2. The van der Waals surface area contributed by atoms with Crippen LogP contribution in [0.2, 0.25) is 0 Å². The van der Waals surface area contributed by atoms with Gasteiger partial charge in [-0.1, -0.05) is 42.8 Å². The SMILES string of the molecule is COc1ccccc1CN(C(C)=O)C(=O)C(Cc1c[nH]c2ccccc12)NC(=O)CN1CCC(N2CCCCC2)CC1. The number of rotatable bonds is 10. The molecule has 2 saturated heterocycles. The van der Waals surface area contributed by atoms with Crippen molar-refractivity contribution in [1.82, 2.24) is 25.0 Å². The zero-order chi connectivity index (χ0) is 29.5. The highest BCUT2D eigenvalue weighted by Crippen LogP contribution is 2.23. The number of likely N-dealkylation sites (tertiary alicyclic amines) is 2. The van der Waals surface area contributed by atoms with Crippen LogP contribution < -0.4 is 10.1 Å². The lowest BCUT2D eigenvalue weighted by molar-refractivity contribution is -0.147. The van der Waals surface area contributed by atoms with Crippen LogP contribution in [-0.2, 0) is 27.3 Å². The number of nitrogens with zero attached hydrogens (tertiary/aromatic N) is 3. The number of amides is 3. The molecule has 9 nitrogen and oxygen atoms in total. The fraction of sp³-hybridized carbons (Fsp3) is 0.485. The summed E-state index contributed by atoms with van der Waals surface area (Å²) in [5, 5.41) is 4.00. The van der Waals surface area contributed by atoms with Crippen LogP contribution in [-0.4, -0.2) is 89.3 Å². The lowest BCUT2D eigenvalue weighted by Gasteiger charge is -2.40. The average molecular weight is 574 g/mol. The number of imide groups is 1. The highest BCUT2D eigenvalue weighted by atomic mass is 16.5. The van der Waals surface area contributed by atoms with Crippen molar-refractivity contribution < 1.29 is 19.1 Å². The third-order valence-corrected chi connectivity index (χ3v) is 8.73. The molecule has 3 amide bonds. The molecule has 0 radical (unpaired) electrons. The summed E-state index contributed by atoms with van der Waals surface area (Å²) < 4.78 is 5.46. The molecule has 1 atom stereocenters. The highest BCUT2D eigenvalue weighted by Gasteiger charge is 2.31. The number of fused-ring (bicyclic) bond motifs is 1. The van der Waals surface area contributed by atoms with Crippen LogP contribution in [0.25, 0.3) is 10.9 Å². The van der Waals surface area contributed by atoms with Crippen LogP contribution in [0.15, 0.2) is 54.7 Å². The van der Waals surface area contributed by atoms with Gasteiger partial charge in [0.2, 0.25) is 11.8 Å². The van der Waals surface area contributed by atoms with Crippen molar-refractivity contribution in [2.45, 2.75) is 64.1 Å². The van der Waals surface area contributed by atoms with E-state index in [1.165, 1.54) is 44.2 Å². The standard InChI is InChI=1S/C33H43N5O4/c1-24(39)38(22-25-10-4-7-13-31(25)42-2)33(41)30(20-26-21-34-29-12-6-5-11-28(26)29)35-32(40)23-36-18-14-27(15-19-36)37-16-8-3-9-17-37/h4-7,10-13,21,27,30,34H,3,8-9,14-20,22-23H2,1-2H3,(H,35,40). The predicted octanol–water partition coefficient (Wildman–Crippen LogP) is 3.73. The number of H-pyrrole nitrogens is 1. The van der Waals surface area contributed by atoms with Crippen molar-refractivity contribution in [1.29, 1.82) is 0 Å². The predicted molar refractivity (Wildman–Crippen MR) is 163 cm³/mol. The molecule has 0 spiro atoms. The topological polar surface area (TPSA) is 98.0 Å². The van der Waals surface area contributed by atoms with Gasteiger partial charge in [0.1, 0.15) is 11.8 Å². The van der Waals surface area contributed by atoms with Crippen molar-refractivity contribution in [2.75, 3.05) is 39.8 Å². The first kappa shape index (κ1) is 29.8. The zero-order valence-electron chi connectivity index (χ0n) is 24.8. The Balaban J connectivity index is 1.30. The van der Waals surface area contributed by atoms with Gasteiger partial charge in [-0.15, -0.1) is 0 Å². The Morgan fingerprint density at radius 1 is 0.976 bits per heavy atom. The fourth-order valence-corrected chi connectivity index (χ4v) is 6.43. The molecule has 1 aromatic heterocycles. The molecule has 0 aliphatic carbocycles. The Morgan fingerprint density at radius 2 is 1.69 bits per heavy atom. The summed E-state index contributed by atoms with van der Waals surface area (Å²) in [6, 6.07) is 14.9. The van der Waals surface area contributed by atoms with E-state index >= 15 is 0 Å². The quantitative estimate of drug-likeness (QED) is 0.384. The van der Waals surface area contributed by atoms with Crippen LogP contribution >= 0.6 is 0 Å². The van der Waals surface area contributed by atoms with Gasteiger partial charge in [-0.25, -0.2) is 0 Å². The van der Waals surface area contributed by atoms with Gasteiger partial charge in [-0.3, -0.25) is 24.2 Å². The summed E-state index contributed by atoms with van der Waals surface area (Å²) in [7, 11) is 1.56. The van der Waals surface area contributed by atoms with E-state index in [2.05, 4.69) is 20.1 Å². The van der Waals surface area contributed by atoms with Crippen molar-refractivity contribution in [3.63, 3.8) is 0 Å². The van der Waals surface area contributed by atoms with Gasteiger partial charge in [0.25, 0.3) is 5.91 Å². The maximum absolute atomic E-state index is 14.0. The van der Waals surface area contributed by atoms with E-state index in [0.717, 1.165) is 48.0 Å². The zero-order valence-corrected chi connectivity index (χ0v) is 24.8. The molecule has 42 heavy (non-hydrogen) atoms. The smallest absolute Gasteiger partial charge is 0.252 e. The normalized spacial score (nSPS) is 17.6. The van der Waals surface area contributed by atoms with Crippen molar-refractivity contribution in [3.05, 3.63) is 65.9 Å². The Kier molecular flexibility index (Phi) is 9.92. The first-order valence-electron chi connectivity index (χ1n) is 15.2. The van der Waals surface area contributed by atoms with E-state index in [4.69, 9.17) is 4.74 Å². The van der Waals surface area contributed by atoms with Crippen LogP contribution in [0.4, 0.5) is 0 Å². The number of hydrogen-bond donors (Lipinski definition) is 2. The van der Waals surface area contributed by atoms with E-state index in [1.807, 2.05) is 48.7 Å². The number of aromatic amines is 1. The summed E-state index contributed by atoms with van der Waals surface area (Å²) in [5.74, 6) is -0.424. The number of piperidine rings is 2. The Bertz CT molecular complexity index is 1370. The molecule has 2 aliphatic heterocycles. The van der Waals surface area contributed by atoms with E-state index < -0.39 is 11.9 Å². The minimum absolute atomic E-state index is 0.0580. The Labute approximate surface area is 248 Å². The van der Waals surface area contributed by atoms with Gasteiger partial charge in [-0.05, 0) is 56.5 Å². The first-order chi connectivity index (χ1) is 20.4. The first-order valence-corrected chi connectivity index (χ1v) is 15.2. The van der Waals surface area contributed by atoms with Gasteiger partial charge in [0.05, 0.1) is 20.2 Å². The molecule has 3 aromatic rings. The van der Waals surface area contributed by atoms with E-state index in [0.29, 0.717) is 11.8 Å². The average Bonchev–Trinajstić information content (AvgIpc) is 3.42. The molecule has 5 rings (SSSR count). The molecule has 3 heterocycles. The van der Waals surface area contributed by atoms with Crippen LogP contribution in [0.5, 0.6) is 5.75 Å². The van der Waals surface area contributed by atoms with Gasteiger partial charge in [0, 0.05) is 55.1 Å². The molecule has 9 heteroatoms. The molecule has 2 fully saturated rings. The van der Waals surface area contributed by atoms with E-state index in [9.17, 15) is 14.4 Å². The van der Waals surface area contributed by atoms with Gasteiger partial charge in [0.15, 0.2) is 0 Å². The number of methoxy groups -OCH3 is 1. The summed E-state index contributed by atoms with van der Waals surface area (Å²) in [4.78, 5) is 49.5.